The molecule has 3 aromatic carbocycles. The third-order valence-electron chi connectivity index (χ3n) is 6.28. The number of aromatic carboxylic acids is 1. The Bertz CT molecular complexity index is 1050. The van der Waals surface area contributed by atoms with Crippen LogP contribution in [0.5, 0.6) is 0 Å². The van der Waals surface area contributed by atoms with Gasteiger partial charge in [0, 0.05) is 0 Å². The van der Waals surface area contributed by atoms with Crippen molar-refractivity contribution in [3.63, 3.8) is 0 Å². The first-order valence-corrected chi connectivity index (χ1v) is 16.0. The van der Waals surface area contributed by atoms with E-state index in [0.717, 1.165) is 11.1 Å². The summed E-state index contributed by atoms with van der Waals surface area (Å²) in [6.45, 7) is 10.0. The smallest absolute Gasteiger partial charge is 0.335 e. The molecular formula is C23H26O2Si2. The Morgan fingerprint density at radius 3 is 1.81 bits per heavy atom. The topological polar surface area (TPSA) is 37.3 Å². The number of hydrogen-bond acceptors (Lipinski definition) is 1. The molecule has 0 radical (unpaired) electrons. The maximum absolute atomic E-state index is 11.1. The van der Waals surface area contributed by atoms with E-state index in [0.29, 0.717) is 5.56 Å². The van der Waals surface area contributed by atoms with Crippen LogP contribution in [0.4, 0.5) is 0 Å². The fourth-order valence-corrected chi connectivity index (χ4v) is 14.6. The molecule has 1 heterocycles. The van der Waals surface area contributed by atoms with Crippen LogP contribution in [0, 0.1) is 0 Å². The number of fused-ring (bicyclic) bond motifs is 2. The van der Waals surface area contributed by atoms with Gasteiger partial charge in [-0.1, -0.05) is 85.0 Å². The van der Waals surface area contributed by atoms with Gasteiger partial charge in [-0.15, -0.1) is 0 Å². The van der Waals surface area contributed by atoms with Crippen molar-refractivity contribution in [2.24, 2.45) is 0 Å². The van der Waals surface area contributed by atoms with Crippen LogP contribution in [0.25, 0.3) is 21.9 Å². The molecule has 0 amide bonds. The van der Waals surface area contributed by atoms with E-state index >= 15 is 0 Å². The molecule has 0 spiro atoms. The normalized spacial score (nSPS) is 17.5. The first-order chi connectivity index (χ1) is 12.7. The summed E-state index contributed by atoms with van der Waals surface area (Å²) in [6, 6.07) is 21.6. The zero-order valence-corrected chi connectivity index (χ0v) is 18.5. The van der Waals surface area contributed by atoms with E-state index in [-0.39, 0.29) is 0 Å². The zero-order chi connectivity index (χ0) is 19.4. The van der Waals surface area contributed by atoms with Crippen LogP contribution in [0.1, 0.15) is 10.4 Å². The van der Waals surface area contributed by atoms with Crippen molar-refractivity contribution >= 4 is 43.3 Å². The Kier molecular flexibility index (Phi) is 4.16. The van der Waals surface area contributed by atoms with Crippen molar-refractivity contribution < 1.29 is 9.90 Å². The van der Waals surface area contributed by atoms with Crippen LogP contribution >= 0.6 is 0 Å². The lowest BCUT2D eigenvalue weighted by atomic mass is 10.0. The highest BCUT2D eigenvalue weighted by Crippen LogP contribution is 2.29. The average molecular weight is 391 g/mol. The minimum atomic E-state index is -1.36. The molecule has 0 unspecified atom stereocenters. The van der Waals surface area contributed by atoms with Gasteiger partial charge in [0.25, 0.3) is 0 Å². The molecule has 0 fully saturated rings. The lowest BCUT2D eigenvalue weighted by molar-refractivity contribution is 0.0697. The molecule has 0 saturated heterocycles. The first-order valence-electron chi connectivity index (χ1n) is 9.60. The predicted molar refractivity (Wildman–Crippen MR) is 120 cm³/mol. The monoisotopic (exact) mass is 390 g/mol. The van der Waals surface area contributed by atoms with E-state index in [2.05, 4.69) is 56.5 Å². The fourth-order valence-electron chi connectivity index (χ4n) is 4.30. The summed E-state index contributed by atoms with van der Waals surface area (Å²) in [4.78, 5) is 11.1. The number of rotatable bonds is 2. The Hall–Kier alpha value is -2.18. The highest BCUT2D eigenvalue weighted by atomic mass is 28.3. The fraction of sp³-hybridized carbons (Fsp3) is 0.261. The maximum Gasteiger partial charge on any atom is 0.335 e. The average Bonchev–Trinajstić information content (AvgIpc) is 2.64. The molecule has 0 atom stereocenters. The van der Waals surface area contributed by atoms with Gasteiger partial charge in [0.05, 0.1) is 21.7 Å². The van der Waals surface area contributed by atoms with E-state index in [1.54, 1.807) is 22.5 Å². The molecule has 138 valence electrons. The summed E-state index contributed by atoms with van der Waals surface area (Å²) in [5.41, 5.74) is 2.53. The van der Waals surface area contributed by atoms with Crippen molar-refractivity contribution in [1.29, 1.82) is 0 Å². The van der Waals surface area contributed by atoms with Gasteiger partial charge in [-0.2, -0.15) is 0 Å². The van der Waals surface area contributed by atoms with Crippen LogP contribution in [-0.2, 0) is 0 Å². The Morgan fingerprint density at radius 1 is 0.741 bits per heavy atom. The number of carbonyl (C=O) groups is 1. The Morgan fingerprint density at radius 2 is 1.26 bits per heavy atom. The summed E-state index contributed by atoms with van der Waals surface area (Å²) in [5.74, 6) is -0.884. The summed E-state index contributed by atoms with van der Waals surface area (Å²) in [7, 11) is -2.70. The van der Waals surface area contributed by atoms with Crippen molar-refractivity contribution in [3.8, 4) is 11.1 Å². The predicted octanol–water partition coefficient (Wildman–Crippen LogP) is 5.05. The lowest BCUT2D eigenvalue weighted by Gasteiger charge is -2.39. The molecule has 1 aliphatic heterocycles. The summed E-state index contributed by atoms with van der Waals surface area (Å²) >= 11 is 0. The first kappa shape index (κ1) is 18.2. The lowest BCUT2D eigenvalue weighted by Crippen LogP contribution is -2.63. The van der Waals surface area contributed by atoms with E-state index in [1.807, 2.05) is 12.1 Å². The van der Waals surface area contributed by atoms with Gasteiger partial charge in [0.2, 0.25) is 0 Å². The minimum absolute atomic E-state index is 0.327. The van der Waals surface area contributed by atoms with Gasteiger partial charge in [-0.3, -0.25) is 0 Å². The maximum atomic E-state index is 11.1. The molecule has 0 bridgehead atoms. The number of benzene rings is 3. The molecule has 0 aromatic heterocycles. The van der Waals surface area contributed by atoms with Crippen molar-refractivity contribution in [2.75, 3.05) is 0 Å². The highest BCUT2D eigenvalue weighted by molar-refractivity contribution is 7.03. The second-order valence-corrected chi connectivity index (χ2v) is 18.7. The zero-order valence-electron chi connectivity index (χ0n) is 16.5. The minimum Gasteiger partial charge on any atom is -0.478 e. The quantitative estimate of drug-likeness (QED) is 0.622. The van der Waals surface area contributed by atoms with Gasteiger partial charge in [-0.05, 0) is 40.1 Å². The van der Waals surface area contributed by atoms with Crippen LogP contribution < -0.4 is 10.4 Å². The highest BCUT2D eigenvalue weighted by Gasteiger charge is 2.39. The van der Waals surface area contributed by atoms with Crippen molar-refractivity contribution in [2.45, 2.75) is 38.3 Å². The van der Waals surface area contributed by atoms with Gasteiger partial charge in [0.15, 0.2) is 0 Å². The van der Waals surface area contributed by atoms with E-state index in [9.17, 15) is 4.79 Å². The van der Waals surface area contributed by atoms with E-state index in [1.165, 1.54) is 22.9 Å². The third kappa shape index (κ3) is 3.17. The molecule has 3 aromatic rings. The number of hydrogen-bond donors (Lipinski definition) is 1. The second-order valence-electron chi connectivity index (χ2n) is 9.11. The molecule has 1 N–H and O–H groups in total. The second kappa shape index (κ2) is 6.18. The van der Waals surface area contributed by atoms with Crippen molar-refractivity contribution in [1.82, 2.24) is 0 Å². The van der Waals surface area contributed by atoms with Gasteiger partial charge in [0.1, 0.15) is 0 Å². The van der Waals surface area contributed by atoms with Gasteiger partial charge < -0.3 is 5.11 Å². The van der Waals surface area contributed by atoms with Gasteiger partial charge >= 0.3 is 5.97 Å². The summed E-state index contributed by atoms with van der Waals surface area (Å²) < 4.78 is 0. The molecular weight excluding hydrogens is 364 g/mol. The van der Waals surface area contributed by atoms with E-state index in [4.69, 9.17) is 5.11 Å². The largest absolute Gasteiger partial charge is 0.478 e. The van der Waals surface area contributed by atoms with E-state index < -0.39 is 22.1 Å². The van der Waals surface area contributed by atoms with Crippen LogP contribution in [-0.4, -0.2) is 27.2 Å². The summed E-state index contributed by atoms with van der Waals surface area (Å²) in [5, 5.41) is 15.1. The van der Waals surface area contributed by atoms with Crippen LogP contribution in [0.3, 0.4) is 0 Å². The third-order valence-corrected chi connectivity index (χ3v) is 13.8. The summed E-state index contributed by atoms with van der Waals surface area (Å²) in [6.07, 6.45) is 0. The van der Waals surface area contributed by atoms with Gasteiger partial charge in [-0.25, -0.2) is 4.79 Å². The molecule has 0 saturated carbocycles. The molecule has 0 aliphatic carbocycles. The van der Waals surface area contributed by atoms with Crippen LogP contribution in [0.2, 0.25) is 38.3 Å². The Balaban J connectivity index is 1.85. The molecule has 1 aliphatic rings. The number of carboxylic acids is 1. The van der Waals surface area contributed by atoms with Crippen LogP contribution in [0.15, 0.2) is 54.6 Å². The molecule has 2 nitrogen and oxygen atoms in total. The van der Waals surface area contributed by atoms with Crippen molar-refractivity contribution in [3.05, 3.63) is 60.2 Å². The standard InChI is InChI=1S/C23H26O2Si2/c1-26(2)11-12-27(3,4)22-15-20-13-18(9-10-19(20)14-21(22)26)16-5-7-17(8-6-16)23(24)25/h5-10,13-15H,11-12H2,1-4H3,(H,24,25). The Labute approximate surface area is 162 Å². The number of carboxylic acid groups (broad SMARTS) is 1. The molecule has 4 heteroatoms. The molecule has 4 rings (SSSR count). The molecule has 27 heavy (non-hydrogen) atoms. The SMILES string of the molecule is C[Si]1(C)CC[Si](C)(C)c2cc3cc(-c4ccc(C(=O)O)cc4)ccc3cc21.